The number of ether oxygens (including phenoxy) is 1. The lowest BCUT2D eigenvalue weighted by Gasteiger charge is -2.32. The number of benzene rings is 1. The van der Waals surface area contributed by atoms with Crippen LogP contribution in [-0.2, 0) is 14.3 Å². The molecule has 0 aliphatic carbocycles. The summed E-state index contributed by atoms with van der Waals surface area (Å²) in [4.78, 5) is 28.4. The number of amides is 2. The second kappa shape index (κ2) is 9.40. The molecule has 2 fully saturated rings. The number of hydrogen-bond acceptors (Lipinski definition) is 3. The maximum absolute atomic E-state index is 12.4. The van der Waals surface area contributed by atoms with Gasteiger partial charge in [-0.05, 0) is 37.3 Å². The highest BCUT2D eigenvalue weighted by Crippen LogP contribution is 2.21. The Balaban J connectivity index is 1.47. The molecule has 5 nitrogen and oxygen atoms in total. The van der Waals surface area contributed by atoms with Gasteiger partial charge in [0.1, 0.15) is 0 Å². The summed E-state index contributed by atoms with van der Waals surface area (Å²) in [5, 5.41) is 0. The van der Waals surface area contributed by atoms with Gasteiger partial charge in [-0.3, -0.25) is 9.59 Å². The first-order chi connectivity index (χ1) is 12.7. The molecule has 2 amide bonds. The Bertz CT molecular complexity index is 671. The smallest absolute Gasteiger partial charge is 0.298 e. The fourth-order valence-corrected chi connectivity index (χ4v) is 3.51. The van der Waals surface area contributed by atoms with Crippen LogP contribution < -0.4 is 0 Å². The first-order valence-electron chi connectivity index (χ1n) is 9.44. The van der Waals surface area contributed by atoms with Crippen LogP contribution in [0.15, 0.2) is 30.3 Å². The van der Waals surface area contributed by atoms with Crippen molar-refractivity contribution in [2.75, 3.05) is 39.4 Å². The highest BCUT2D eigenvalue weighted by atomic mass is 16.5. The topological polar surface area (TPSA) is 49.9 Å². The monoisotopic (exact) mass is 354 g/mol. The van der Waals surface area contributed by atoms with Crippen molar-refractivity contribution in [2.24, 2.45) is 5.92 Å². The van der Waals surface area contributed by atoms with Crippen LogP contribution in [0, 0.1) is 17.8 Å². The summed E-state index contributed by atoms with van der Waals surface area (Å²) in [6.07, 6.45) is 3.45. The molecule has 1 aromatic carbocycles. The summed E-state index contributed by atoms with van der Waals surface area (Å²) < 4.78 is 5.29. The molecule has 0 aromatic heterocycles. The molecule has 26 heavy (non-hydrogen) atoms. The maximum Gasteiger partial charge on any atom is 0.298 e. The van der Waals surface area contributed by atoms with Crippen molar-refractivity contribution in [1.29, 1.82) is 0 Å². The van der Waals surface area contributed by atoms with E-state index < -0.39 is 0 Å². The Hall–Kier alpha value is -2.32. The van der Waals surface area contributed by atoms with Gasteiger partial charge in [-0.2, -0.15) is 0 Å². The molecule has 0 bridgehead atoms. The van der Waals surface area contributed by atoms with E-state index >= 15 is 0 Å². The van der Waals surface area contributed by atoms with Gasteiger partial charge in [0, 0.05) is 44.1 Å². The largest absolute Gasteiger partial charge is 0.378 e. The molecular weight excluding hydrogens is 328 g/mol. The summed E-state index contributed by atoms with van der Waals surface area (Å²) in [6, 6.07) is 9.56. The van der Waals surface area contributed by atoms with Crippen molar-refractivity contribution in [3.63, 3.8) is 0 Å². The maximum atomic E-state index is 12.4. The van der Waals surface area contributed by atoms with E-state index in [0.717, 1.165) is 31.4 Å². The van der Waals surface area contributed by atoms with Crippen molar-refractivity contribution in [1.82, 2.24) is 9.80 Å². The van der Waals surface area contributed by atoms with E-state index in [4.69, 9.17) is 4.74 Å². The average Bonchev–Trinajstić information content (AvgIpc) is 2.72. The molecule has 2 heterocycles. The fraction of sp³-hybridized carbons (Fsp3) is 0.524. The van der Waals surface area contributed by atoms with E-state index in [2.05, 4.69) is 11.8 Å². The molecule has 0 radical (unpaired) electrons. The highest BCUT2D eigenvalue weighted by molar-refractivity contribution is 5.94. The molecule has 0 spiro atoms. The third kappa shape index (κ3) is 5.34. The van der Waals surface area contributed by atoms with Gasteiger partial charge in [0.05, 0.1) is 13.2 Å². The van der Waals surface area contributed by atoms with Crippen molar-refractivity contribution in [3.05, 3.63) is 35.9 Å². The van der Waals surface area contributed by atoms with Gasteiger partial charge in [0.25, 0.3) is 5.91 Å². The van der Waals surface area contributed by atoms with Crippen molar-refractivity contribution < 1.29 is 14.3 Å². The minimum absolute atomic E-state index is 0.113. The Kier molecular flexibility index (Phi) is 6.68. The number of morpholine rings is 1. The van der Waals surface area contributed by atoms with Crippen LogP contribution in [0.5, 0.6) is 0 Å². The summed E-state index contributed by atoms with van der Waals surface area (Å²) in [5.74, 6) is 6.17. The zero-order chi connectivity index (χ0) is 18.2. The van der Waals surface area contributed by atoms with Gasteiger partial charge in [0.2, 0.25) is 5.91 Å². The number of likely N-dealkylation sites (tertiary alicyclic amines) is 1. The lowest BCUT2D eigenvalue weighted by Crippen LogP contribution is -2.42. The highest BCUT2D eigenvalue weighted by Gasteiger charge is 2.24. The average molecular weight is 354 g/mol. The molecule has 5 heteroatoms. The number of piperidine rings is 1. The van der Waals surface area contributed by atoms with E-state index in [1.54, 1.807) is 0 Å². The van der Waals surface area contributed by atoms with Crippen LogP contribution in [-0.4, -0.2) is 61.0 Å². The minimum Gasteiger partial charge on any atom is -0.378 e. The molecular formula is C21H26N2O3. The van der Waals surface area contributed by atoms with E-state index in [1.807, 2.05) is 40.1 Å². The van der Waals surface area contributed by atoms with Gasteiger partial charge in [-0.1, -0.05) is 24.1 Å². The normalized spacial score (nSPS) is 20.2. The summed E-state index contributed by atoms with van der Waals surface area (Å²) >= 11 is 0. The van der Waals surface area contributed by atoms with E-state index in [-0.39, 0.29) is 11.8 Å². The van der Waals surface area contributed by atoms with Crippen molar-refractivity contribution in [3.8, 4) is 11.8 Å². The molecule has 138 valence electrons. The minimum atomic E-state index is -0.113. The molecule has 2 aliphatic heterocycles. The van der Waals surface area contributed by atoms with Gasteiger partial charge < -0.3 is 14.5 Å². The number of nitrogens with zero attached hydrogens (tertiary/aromatic N) is 2. The van der Waals surface area contributed by atoms with Gasteiger partial charge >= 0.3 is 0 Å². The Morgan fingerprint density at radius 1 is 1.08 bits per heavy atom. The summed E-state index contributed by atoms with van der Waals surface area (Å²) in [5.41, 5.74) is 0.852. The molecule has 2 aliphatic rings. The zero-order valence-electron chi connectivity index (χ0n) is 15.2. The lowest BCUT2D eigenvalue weighted by molar-refractivity contribution is -0.135. The molecule has 0 N–H and O–H groups in total. The van der Waals surface area contributed by atoms with Crippen LogP contribution in [0.1, 0.15) is 31.2 Å². The van der Waals surface area contributed by atoms with Gasteiger partial charge in [-0.25, -0.2) is 0 Å². The quantitative estimate of drug-likeness (QED) is 0.779. The predicted molar refractivity (Wildman–Crippen MR) is 99.3 cm³/mol. The standard InChI is InChI=1S/C21H26N2O3/c24-20(22-13-15-26-16-14-22)11-9-19-7-4-12-23(17-19)21(25)10-8-18-5-2-1-3-6-18/h1-3,5-6,19H,4,7,9,11-17H2. The predicted octanol–water partition coefficient (Wildman–Crippen LogP) is 1.92. The van der Waals surface area contributed by atoms with Gasteiger partial charge in [-0.15, -0.1) is 0 Å². The second-order valence-corrected chi connectivity index (χ2v) is 6.91. The van der Waals surface area contributed by atoms with Crippen LogP contribution in [0.3, 0.4) is 0 Å². The first-order valence-corrected chi connectivity index (χ1v) is 9.44. The summed E-state index contributed by atoms with van der Waals surface area (Å²) in [7, 11) is 0. The van der Waals surface area contributed by atoms with E-state index in [9.17, 15) is 9.59 Å². The van der Waals surface area contributed by atoms with Crippen molar-refractivity contribution >= 4 is 11.8 Å². The van der Waals surface area contributed by atoms with Crippen LogP contribution in [0.2, 0.25) is 0 Å². The molecule has 2 saturated heterocycles. The molecule has 1 unspecified atom stereocenters. The first kappa shape index (κ1) is 18.5. The van der Waals surface area contributed by atoms with Crippen LogP contribution in [0.25, 0.3) is 0 Å². The number of hydrogen-bond donors (Lipinski definition) is 0. The zero-order valence-corrected chi connectivity index (χ0v) is 15.2. The Morgan fingerprint density at radius 2 is 1.85 bits per heavy atom. The SMILES string of the molecule is O=C(C#Cc1ccccc1)N1CCCC(CCC(=O)N2CCOCC2)C1. The molecule has 1 atom stereocenters. The third-order valence-corrected chi connectivity index (χ3v) is 5.02. The van der Waals surface area contributed by atoms with Crippen LogP contribution in [0.4, 0.5) is 0 Å². The van der Waals surface area contributed by atoms with E-state index in [0.29, 0.717) is 45.2 Å². The number of rotatable bonds is 3. The van der Waals surface area contributed by atoms with Crippen LogP contribution >= 0.6 is 0 Å². The number of carbonyl (C=O) groups excluding carboxylic acids is 2. The lowest BCUT2D eigenvalue weighted by atomic mass is 9.93. The third-order valence-electron chi connectivity index (χ3n) is 5.02. The summed E-state index contributed by atoms with van der Waals surface area (Å²) in [6.45, 7) is 4.14. The molecule has 3 rings (SSSR count). The van der Waals surface area contributed by atoms with Gasteiger partial charge in [0.15, 0.2) is 0 Å². The molecule has 1 aromatic rings. The number of carbonyl (C=O) groups is 2. The molecule has 0 saturated carbocycles. The second-order valence-electron chi connectivity index (χ2n) is 6.91. The fourth-order valence-electron chi connectivity index (χ4n) is 3.51. The Morgan fingerprint density at radius 3 is 2.62 bits per heavy atom. The van der Waals surface area contributed by atoms with E-state index in [1.165, 1.54) is 0 Å². The van der Waals surface area contributed by atoms with Crippen molar-refractivity contribution in [2.45, 2.75) is 25.7 Å². The Labute approximate surface area is 155 Å².